The second kappa shape index (κ2) is 6.90. The van der Waals surface area contributed by atoms with Crippen LogP contribution in [0.15, 0.2) is 48.8 Å². The van der Waals surface area contributed by atoms with Gasteiger partial charge in [-0.1, -0.05) is 18.2 Å². The lowest BCUT2D eigenvalue weighted by Crippen LogP contribution is -2.23. The fraction of sp³-hybridized carbons (Fsp3) is 0.312. The number of hydrogen-bond donors (Lipinski definition) is 1. The highest BCUT2D eigenvalue weighted by molar-refractivity contribution is 5.28. The molecule has 0 saturated carbocycles. The second-order valence-electron chi connectivity index (χ2n) is 4.69. The highest BCUT2D eigenvalue weighted by atomic mass is 16.5. The van der Waals surface area contributed by atoms with Crippen LogP contribution in [0.2, 0.25) is 0 Å². The van der Waals surface area contributed by atoms with Crippen LogP contribution in [0.3, 0.4) is 0 Å². The lowest BCUT2D eigenvalue weighted by molar-refractivity contribution is 0.305. The van der Waals surface area contributed by atoms with Crippen LogP contribution >= 0.6 is 0 Å². The molecule has 0 aliphatic rings. The van der Waals surface area contributed by atoms with Gasteiger partial charge in [-0.3, -0.25) is 4.98 Å². The molecule has 1 aromatic heterocycles. The van der Waals surface area contributed by atoms with Crippen molar-refractivity contribution in [3.8, 4) is 5.75 Å². The van der Waals surface area contributed by atoms with Crippen LogP contribution in [0.4, 0.5) is 0 Å². The Morgan fingerprint density at radius 3 is 2.58 bits per heavy atom. The van der Waals surface area contributed by atoms with Gasteiger partial charge in [-0.25, -0.2) is 0 Å². The number of rotatable bonds is 6. The number of pyridine rings is 1. The first-order chi connectivity index (χ1) is 9.28. The van der Waals surface area contributed by atoms with Crippen molar-refractivity contribution in [2.75, 3.05) is 7.05 Å². The van der Waals surface area contributed by atoms with Gasteiger partial charge in [0.2, 0.25) is 0 Å². The molecule has 1 atom stereocenters. The Labute approximate surface area is 114 Å². The predicted molar refractivity (Wildman–Crippen MR) is 77.2 cm³/mol. The SMILES string of the molecule is CNC(C)Cc1ccc(OCc2cccnc2)cc1. The van der Waals surface area contributed by atoms with Gasteiger partial charge in [0.1, 0.15) is 12.4 Å². The molecule has 0 bridgehead atoms. The Balaban J connectivity index is 1.88. The third-order valence-corrected chi connectivity index (χ3v) is 3.09. The summed E-state index contributed by atoms with van der Waals surface area (Å²) in [6, 6.07) is 12.7. The largest absolute Gasteiger partial charge is 0.489 e. The van der Waals surface area contributed by atoms with Crippen LogP contribution < -0.4 is 10.1 Å². The molecule has 2 rings (SSSR count). The fourth-order valence-corrected chi connectivity index (χ4v) is 1.83. The van der Waals surface area contributed by atoms with Crippen molar-refractivity contribution in [3.63, 3.8) is 0 Å². The van der Waals surface area contributed by atoms with Crippen molar-refractivity contribution < 1.29 is 4.74 Å². The predicted octanol–water partition coefficient (Wildman–Crippen LogP) is 2.81. The molecular formula is C16H20N2O. The summed E-state index contributed by atoms with van der Waals surface area (Å²) in [5, 5.41) is 3.24. The number of likely N-dealkylation sites (N-methyl/N-ethyl adjacent to an activating group) is 1. The van der Waals surface area contributed by atoms with E-state index < -0.39 is 0 Å². The summed E-state index contributed by atoms with van der Waals surface area (Å²) in [4.78, 5) is 4.07. The van der Waals surface area contributed by atoms with Gasteiger partial charge in [-0.15, -0.1) is 0 Å². The molecule has 100 valence electrons. The van der Waals surface area contributed by atoms with Gasteiger partial charge in [0.05, 0.1) is 0 Å². The molecule has 1 unspecified atom stereocenters. The van der Waals surface area contributed by atoms with E-state index >= 15 is 0 Å². The summed E-state index contributed by atoms with van der Waals surface area (Å²) in [6.45, 7) is 2.73. The molecule has 1 aromatic carbocycles. The van der Waals surface area contributed by atoms with Gasteiger partial charge in [0.15, 0.2) is 0 Å². The van der Waals surface area contributed by atoms with Crippen LogP contribution in [0.1, 0.15) is 18.1 Å². The van der Waals surface area contributed by atoms with Crippen molar-refractivity contribution >= 4 is 0 Å². The smallest absolute Gasteiger partial charge is 0.119 e. The summed E-state index contributed by atoms with van der Waals surface area (Å²) < 4.78 is 5.72. The molecular weight excluding hydrogens is 236 g/mol. The quantitative estimate of drug-likeness (QED) is 0.863. The van der Waals surface area contributed by atoms with E-state index in [0.717, 1.165) is 17.7 Å². The third kappa shape index (κ3) is 4.38. The monoisotopic (exact) mass is 256 g/mol. The fourth-order valence-electron chi connectivity index (χ4n) is 1.83. The Morgan fingerprint density at radius 2 is 1.95 bits per heavy atom. The first-order valence-corrected chi connectivity index (χ1v) is 6.56. The molecule has 3 heteroatoms. The van der Waals surface area contributed by atoms with Crippen molar-refractivity contribution in [2.45, 2.75) is 26.0 Å². The number of nitrogens with one attached hydrogen (secondary N) is 1. The van der Waals surface area contributed by atoms with Crippen molar-refractivity contribution in [3.05, 3.63) is 59.9 Å². The minimum atomic E-state index is 0.488. The zero-order valence-electron chi connectivity index (χ0n) is 11.5. The van der Waals surface area contributed by atoms with E-state index in [1.807, 2.05) is 37.5 Å². The summed E-state index contributed by atoms with van der Waals surface area (Å²) in [6.07, 6.45) is 4.61. The number of hydrogen-bond acceptors (Lipinski definition) is 3. The van der Waals surface area contributed by atoms with E-state index in [1.165, 1.54) is 5.56 Å². The second-order valence-corrected chi connectivity index (χ2v) is 4.69. The first-order valence-electron chi connectivity index (χ1n) is 6.56. The van der Waals surface area contributed by atoms with Crippen LogP contribution in [0.5, 0.6) is 5.75 Å². The highest BCUT2D eigenvalue weighted by Gasteiger charge is 2.01. The molecule has 2 aromatic rings. The first kappa shape index (κ1) is 13.6. The van der Waals surface area contributed by atoms with E-state index in [2.05, 4.69) is 29.4 Å². The van der Waals surface area contributed by atoms with Crippen molar-refractivity contribution in [2.24, 2.45) is 0 Å². The summed E-state index contributed by atoms with van der Waals surface area (Å²) >= 11 is 0. The molecule has 0 aliphatic heterocycles. The van der Waals surface area contributed by atoms with Gasteiger partial charge in [0.25, 0.3) is 0 Å². The Morgan fingerprint density at radius 1 is 1.16 bits per heavy atom. The minimum absolute atomic E-state index is 0.488. The molecule has 0 radical (unpaired) electrons. The molecule has 1 heterocycles. The van der Waals surface area contributed by atoms with Crippen molar-refractivity contribution in [1.82, 2.24) is 10.3 Å². The van der Waals surface area contributed by atoms with Gasteiger partial charge in [-0.05, 0) is 44.2 Å². The zero-order chi connectivity index (χ0) is 13.5. The average molecular weight is 256 g/mol. The van der Waals surface area contributed by atoms with Crippen molar-refractivity contribution in [1.29, 1.82) is 0 Å². The van der Waals surface area contributed by atoms with E-state index in [4.69, 9.17) is 4.74 Å². The van der Waals surface area contributed by atoms with E-state index in [1.54, 1.807) is 6.20 Å². The third-order valence-electron chi connectivity index (χ3n) is 3.09. The molecule has 0 spiro atoms. The average Bonchev–Trinajstić information content (AvgIpc) is 2.47. The molecule has 3 nitrogen and oxygen atoms in total. The van der Waals surface area contributed by atoms with E-state index in [9.17, 15) is 0 Å². The van der Waals surface area contributed by atoms with Crippen LogP contribution in [0.25, 0.3) is 0 Å². The molecule has 0 saturated heterocycles. The molecule has 0 amide bonds. The van der Waals surface area contributed by atoms with Crippen LogP contribution in [-0.4, -0.2) is 18.1 Å². The van der Waals surface area contributed by atoms with Gasteiger partial charge < -0.3 is 10.1 Å². The molecule has 1 N–H and O–H groups in total. The minimum Gasteiger partial charge on any atom is -0.489 e. The topological polar surface area (TPSA) is 34.1 Å². The number of nitrogens with zero attached hydrogens (tertiary/aromatic N) is 1. The molecule has 0 aliphatic carbocycles. The van der Waals surface area contributed by atoms with Crippen LogP contribution in [-0.2, 0) is 13.0 Å². The lowest BCUT2D eigenvalue weighted by atomic mass is 10.1. The standard InChI is InChI=1S/C16H20N2O/c1-13(17-2)10-14-5-7-16(8-6-14)19-12-15-4-3-9-18-11-15/h3-9,11,13,17H,10,12H2,1-2H3. The molecule has 0 fully saturated rings. The Hall–Kier alpha value is -1.87. The number of aromatic nitrogens is 1. The summed E-state index contributed by atoms with van der Waals surface area (Å²) in [7, 11) is 1.98. The van der Waals surface area contributed by atoms with Gasteiger partial charge >= 0.3 is 0 Å². The van der Waals surface area contributed by atoms with E-state index in [-0.39, 0.29) is 0 Å². The normalized spacial score (nSPS) is 12.1. The maximum Gasteiger partial charge on any atom is 0.119 e. The Kier molecular flexibility index (Phi) is 4.93. The number of ether oxygens (including phenoxy) is 1. The highest BCUT2D eigenvalue weighted by Crippen LogP contribution is 2.15. The van der Waals surface area contributed by atoms with Gasteiger partial charge in [-0.2, -0.15) is 0 Å². The summed E-state index contributed by atoms with van der Waals surface area (Å²) in [5.74, 6) is 0.893. The molecule has 19 heavy (non-hydrogen) atoms. The summed E-state index contributed by atoms with van der Waals surface area (Å²) in [5.41, 5.74) is 2.39. The number of benzene rings is 1. The van der Waals surface area contributed by atoms with Crippen LogP contribution in [0, 0.1) is 0 Å². The lowest BCUT2D eigenvalue weighted by Gasteiger charge is -2.11. The maximum absolute atomic E-state index is 5.72. The Bertz CT molecular complexity index is 482. The zero-order valence-corrected chi connectivity index (χ0v) is 11.5. The van der Waals surface area contributed by atoms with E-state index in [0.29, 0.717) is 12.6 Å². The van der Waals surface area contributed by atoms with Gasteiger partial charge in [0, 0.05) is 24.0 Å². The maximum atomic E-state index is 5.72.